The Balaban J connectivity index is 2.08. The largest absolute Gasteiger partial charge is 0.308 e. The fraction of sp³-hybridized carbons (Fsp3) is 0.368. The summed E-state index contributed by atoms with van der Waals surface area (Å²) in [6, 6.07) is 17.8. The molecule has 2 heteroatoms. The average molecular weight is 282 g/mol. The van der Waals surface area contributed by atoms with Gasteiger partial charge in [-0.3, -0.25) is 0 Å². The second-order valence-electron chi connectivity index (χ2n) is 6.10. The van der Waals surface area contributed by atoms with Gasteiger partial charge in [-0.25, -0.2) is 0 Å². The summed E-state index contributed by atoms with van der Waals surface area (Å²) in [5.74, 6) is 0. The van der Waals surface area contributed by atoms with Gasteiger partial charge in [0, 0.05) is 19.1 Å². The molecular formula is C19H26N2. The topological polar surface area (TPSA) is 15.3 Å². The van der Waals surface area contributed by atoms with Crippen molar-refractivity contribution in [2.24, 2.45) is 0 Å². The van der Waals surface area contributed by atoms with Gasteiger partial charge >= 0.3 is 0 Å². The van der Waals surface area contributed by atoms with Crippen LogP contribution in [-0.2, 0) is 6.54 Å². The van der Waals surface area contributed by atoms with E-state index in [4.69, 9.17) is 0 Å². The third-order valence-corrected chi connectivity index (χ3v) is 3.58. The van der Waals surface area contributed by atoms with E-state index in [1.54, 1.807) is 0 Å². The highest BCUT2D eigenvalue weighted by Crippen LogP contribution is 2.15. The van der Waals surface area contributed by atoms with E-state index in [1.807, 2.05) is 0 Å². The molecule has 0 saturated heterocycles. The number of nitrogens with zero attached hydrogens (tertiary/aromatic N) is 1. The molecule has 2 nitrogen and oxygen atoms in total. The van der Waals surface area contributed by atoms with Crippen molar-refractivity contribution in [3.05, 3.63) is 70.8 Å². The van der Waals surface area contributed by atoms with Crippen LogP contribution in [-0.4, -0.2) is 25.5 Å². The number of nitrogens with one attached hydrogen (secondary N) is 1. The zero-order valence-corrected chi connectivity index (χ0v) is 13.6. The summed E-state index contributed by atoms with van der Waals surface area (Å²) in [4.78, 5) is 2.23. The van der Waals surface area contributed by atoms with Crippen LogP contribution in [0.25, 0.3) is 0 Å². The summed E-state index contributed by atoms with van der Waals surface area (Å²) in [5.41, 5.74) is 5.36. The van der Waals surface area contributed by atoms with Crippen LogP contribution in [0.3, 0.4) is 0 Å². The maximum Gasteiger partial charge on any atom is 0.0451 e. The highest BCUT2D eigenvalue weighted by molar-refractivity contribution is 5.28. The zero-order valence-electron chi connectivity index (χ0n) is 13.6. The van der Waals surface area contributed by atoms with Crippen molar-refractivity contribution in [1.82, 2.24) is 10.2 Å². The van der Waals surface area contributed by atoms with E-state index in [2.05, 4.69) is 86.7 Å². The van der Waals surface area contributed by atoms with Gasteiger partial charge in [0.05, 0.1) is 0 Å². The molecule has 0 fully saturated rings. The van der Waals surface area contributed by atoms with Crippen LogP contribution in [0.4, 0.5) is 0 Å². The lowest BCUT2D eigenvalue weighted by molar-refractivity contribution is 0.340. The second kappa shape index (κ2) is 7.39. The van der Waals surface area contributed by atoms with Gasteiger partial charge in [-0.2, -0.15) is 0 Å². The Morgan fingerprint density at radius 1 is 0.952 bits per heavy atom. The van der Waals surface area contributed by atoms with E-state index in [1.165, 1.54) is 22.3 Å². The molecule has 1 N–H and O–H groups in total. The van der Waals surface area contributed by atoms with Crippen molar-refractivity contribution in [3.63, 3.8) is 0 Å². The fourth-order valence-corrected chi connectivity index (χ4v) is 2.75. The van der Waals surface area contributed by atoms with Crippen LogP contribution >= 0.6 is 0 Å². The Hall–Kier alpha value is -1.64. The average Bonchev–Trinajstić information content (AvgIpc) is 2.43. The summed E-state index contributed by atoms with van der Waals surface area (Å²) in [6.45, 7) is 6.21. The standard InChI is InChI=1S/C19H26N2/c1-15-10-16(2)12-17(11-15)13-20-19(14-21(3)4)18-8-6-5-7-9-18/h5-12,19-20H,13-14H2,1-4H3. The molecule has 0 radical (unpaired) electrons. The molecule has 0 bridgehead atoms. The van der Waals surface area contributed by atoms with E-state index in [0.29, 0.717) is 6.04 Å². The highest BCUT2D eigenvalue weighted by Gasteiger charge is 2.11. The first-order chi connectivity index (χ1) is 10.0. The molecule has 0 amide bonds. The molecule has 0 aromatic heterocycles. The molecule has 2 rings (SSSR count). The number of hydrogen-bond acceptors (Lipinski definition) is 2. The van der Waals surface area contributed by atoms with Gasteiger partial charge in [-0.1, -0.05) is 59.7 Å². The van der Waals surface area contributed by atoms with E-state index >= 15 is 0 Å². The zero-order chi connectivity index (χ0) is 15.2. The van der Waals surface area contributed by atoms with E-state index < -0.39 is 0 Å². The minimum atomic E-state index is 0.349. The van der Waals surface area contributed by atoms with Gasteiger partial charge in [0.1, 0.15) is 0 Å². The molecule has 0 spiro atoms. The van der Waals surface area contributed by atoms with Crippen LogP contribution in [0.15, 0.2) is 48.5 Å². The Morgan fingerprint density at radius 3 is 2.14 bits per heavy atom. The highest BCUT2D eigenvalue weighted by atomic mass is 15.1. The van der Waals surface area contributed by atoms with Crippen molar-refractivity contribution >= 4 is 0 Å². The van der Waals surface area contributed by atoms with Gasteiger partial charge in [-0.15, -0.1) is 0 Å². The number of rotatable bonds is 6. The van der Waals surface area contributed by atoms with E-state index in [9.17, 15) is 0 Å². The lowest BCUT2D eigenvalue weighted by Gasteiger charge is -2.23. The molecule has 2 aromatic rings. The van der Waals surface area contributed by atoms with Gasteiger partial charge in [0.15, 0.2) is 0 Å². The van der Waals surface area contributed by atoms with Crippen LogP contribution < -0.4 is 5.32 Å². The first kappa shape index (κ1) is 15.7. The third-order valence-electron chi connectivity index (χ3n) is 3.58. The minimum Gasteiger partial charge on any atom is -0.308 e. The molecule has 0 saturated carbocycles. The van der Waals surface area contributed by atoms with Crippen LogP contribution in [0.2, 0.25) is 0 Å². The van der Waals surface area contributed by atoms with Crippen LogP contribution in [0.1, 0.15) is 28.3 Å². The molecule has 112 valence electrons. The monoisotopic (exact) mass is 282 g/mol. The van der Waals surface area contributed by atoms with Crippen molar-refractivity contribution < 1.29 is 0 Å². The Kier molecular flexibility index (Phi) is 5.54. The van der Waals surface area contributed by atoms with Gasteiger partial charge in [0.2, 0.25) is 0 Å². The second-order valence-corrected chi connectivity index (χ2v) is 6.10. The van der Waals surface area contributed by atoms with E-state index in [0.717, 1.165) is 13.1 Å². The first-order valence-corrected chi connectivity index (χ1v) is 7.55. The molecule has 2 aromatic carbocycles. The van der Waals surface area contributed by atoms with Gasteiger partial charge < -0.3 is 10.2 Å². The summed E-state index contributed by atoms with van der Waals surface area (Å²) >= 11 is 0. The lowest BCUT2D eigenvalue weighted by atomic mass is 10.0. The van der Waals surface area contributed by atoms with Crippen molar-refractivity contribution in [3.8, 4) is 0 Å². The number of likely N-dealkylation sites (N-methyl/N-ethyl adjacent to an activating group) is 1. The SMILES string of the molecule is Cc1cc(C)cc(CNC(CN(C)C)c2ccccc2)c1. The molecule has 0 aliphatic heterocycles. The van der Waals surface area contributed by atoms with Crippen molar-refractivity contribution in [1.29, 1.82) is 0 Å². The molecule has 1 unspecified atom stereocenters. The minimum absolute atomic E-state index is 0.349. The van der Waals surface area contributed by atoms with Crippen LogP contribution in [0, 0.1) is 13.8 Å². The maximum atomic E-state index is 3.70. The summed E-state index contributed by atoms with van der Waals surface area (Å²) in [5, 5.41) is 3.70. The van der Waals surface area contributed by atoms with Crippen molar-refractivity contribution in [2.75, 3.05) is 20.6 Å². The molecule has 0 aliphatic rings. The Labute approximate surface area is 128 Å². The summed E-state index contributed by atoms with van der Waals surface area (Å²) in [6.07, 6.45) is 0. The smallest absolute Gasteiger partial charge is 0.0451 e. The molecule has 21 heavy (non-hydrogen) atoms. The van der Waals surface area contributed by atoms with E-state index in [-0.39, 0.29) is 0 Å². The molecule has 0 aliphatic carbocycles. The molecular weight excluding hydrogens is 256 g/mol. The Bertz CT molecular complexity index is 541. The first-order valence-electron chi connectivity index (χ1n) is 7.55. The fourth-order valence-electron chi connectivity index (χ4n) is 2.75. The number of aryl methyl sites for hydroxylation is 2. The predicted molar refractivity (Wildman–Crippen MR) is 90.5 cm³/mol. The summed E-state index contributed by atoms with van der Waals surface area (Å²) < 4.78 is 0. The third kappa shape index (κ3) is 5.00. The van der Waals surface area contributed by atoms with Gasteiger partial charge in [0.25, 0.3) is 0 Å². The Morgan fingerprint density at radius 2 is 1.57 bits per heavy atom. The summed E-state index contributed by atoms with van der Waals surface area (Å²) in [7, 11) is 4.24. The van der Waals surface area contributed by atoms with Crippen LogP contribution in [0.5, 0.6) is 0 Å². The number of benzene rings is 2. The van der Waals surface area contributed by atoms with Crippen molar-refractivity contribution in [2.45, 2.75) is 26.4 Å². The molecule has 0 heterocycles. The number of hydrogen-bond donors (Lipinski definition) is 1. The molecule has 1 atom stereocenters. The normalized spacial score (nSPS) is 12.6. The maximum absolute atomic E-state index is 3.70. The quantitative estimate of drug-likeness (QED) is 0.869. The van der Waals surface area contributed by atoms with Gasteiger partial charge in [-0.05, 0) is 39.1 Å². The lowest BCUT2D eigenvalue weighted by Crippen LogP contribution is -2.30. The predicted octanol–water partition coefficient (Wildman–Crippen LogP) is 3.70.